The average Bonchev–Trinajstić information content (AvgIpc) is 2.76. The number of carbonyl (C=O) groups excluding carboxylic acids is 1. The molecule has 92 valence electrons. The number of hydrogen-bond donors (Lipinski definition) is 2. The number of carboxylic acid groups (broad SMARTS) is 1. The lowest BCUT2D eigenvalue weighted by molar-refractivity contribution is 0.0696. The largest absolute Gasteiger partial charge is 0.478 e. The zero-order valence-electron chi connectivity index (χ0n) is 9.51. The molecule has 18 heavy (non-hydrogen) atoms. The van der Waals surface area contributed by atoms with Crippen molar-refractivity contribution in [3.05, 3.63) is 45.9 Å². The fourth-order valence-corrected chi connectivity index (χ4v) is 2.14. The first kappa shape index (κ1) is 12.3. The van der Waals surface area contributed by atoms with Crippen LogP contribution in [0.1, 0.15) is 24.9 Å². The van der Waals surface area contributed by atoms with Crippen LogP contribution in [-0.4, -0.2) is 22.0 Å². The fourth-order valence-electron chi connectivity index (χ4n) is 1.37. The Morgan fingerprint density at radius 3 is 2.72 bits per heavy atom. The molecule has 0 aromatic carbocycles. The monoisotopic (exact) mass is 262 g/mol. The Kier molecular flexibility index (Phi) is 3.38. The van der Waals surface area contributed by atoms with Crippen LogP contribution in [0.25, 0.3) is 0 Å². The maximum absolute atomic E-state index is 11.8. The smallest absolute Gasteiger partial charge is 0.337 e. The Hall–Kier alpha value is -2.21. The minimum Gasteiger partial charge on any atom is -0.478 e. The quantitative estimate of drug-likeness (QED) is 0.890. The van der Waals surface area contributed by atoms with Gasteiger partial charge in [0, 0.05) is 11.1 Å². The van der Waals surface area contributed by atoms with Gasteiger partial charge in [-0.15, -0.1) is 11.3 Å². The molecule has 0 aliphatic heterocycles. The van der Waals surface area contributed by atoms with Crippen LogP contribution >= 0.6 is 11.3 Å². The lowest BCUT2D eigenvalue weighted by Crippen LogP contribution is -2.11. The van der Waals surface area contributed by atoms with Crippen molar-refractivity contribution in [1.82, 2.24) is 4.98 Å². The highest BCUT2D eigenvalue weighted by atomic mass is 32.1. The second-order valence-corrected chi connectivity index (χ2v) is 4.92. The van der Waals surface area contributed by atoms with Gasteiger partial charge in [-0.05, 0) is 25.1 Å². The lowest BCUT2D eigenvalue weighted by Gasteiger charge is -2.03. The zero-order valence-corrected chi connectivity index (χ0v) is 10.3. The number of thiophene rings is 1. The molecule has 1 amide bonds. The van der Waals surface area contributed by atoms with Gasteiger partial charge in [-0.25, -0.2) is 4.79 Å². The van der Waals surface area contributed by atoms with E-state index in [0.29, 0.717) is 10.6 Å². The Morgan fingerprint density at radius 1 is 1.33 bits per heavy atom. The normalized spacial score (nSPS) is 10.1. The molecule has 0 saturated carbocycles. The predicted octanol–water partition coefficient (Wildman–Crippen LogP) is 2.40. The number of aryl methyl sites for hydroxylation is 1. The van der Waals surface area contributed by atoms with Gasteiger partial charge in [-0.1, -0.05) is 0 Å². The third-order valence-corrected chi connectivity index (χ3v) is 3.21. The van der Waals surface area contributed by atoms with Gasteiger partial charge in [0.2, 0.25) is 0 Å². The zero-order chi connectivity index (χ0) is 13.1. The number of hydrogen-bond acceptors (Lipinski definition) is 4. The highest BCUT2D eigenvalue weighted by Gasteiger charge is 2.10. The Balaban J connectivity index is 2.16. The van der Waals surface area contributed by atoms with Gasteiger partial charge in [0.25, 0.3) is 5.91 Å². The van der Waals surface area contributed by atoms with Crippen LogP contribution in [0.4, 0.5) is 5.69 Å². The van der Waals surface area contributed by atoms with Gasteiger partial charge in [0.1, 0.15) is 0 Å². The summed E-state index contributed by atoms with van der Waals surface area (Å²) in [6, 6.07) is 4.95. The molecule has 2 heterocycles. The Labute approximate surface area is 107 Å². The number of nitrogens with one attached hydrogen (secondary N) is 1. The van der Waals surface area contributed by atoms with Crippen molar-refractivity contribution in [2.24, 2.45) is 0 Å². The summed E-state index contributed by atoms with van der Waals surface area (Å²) in [4.78, 5) is 28.0. The molecule has 0 unspecified atom stereocenters. The van der Waals surface area contributed by atoms with E-state index in [2.05, 4.69) is 10.3 Å². The first-order chi connectivity index (χ1) is 8.56. The van der Waals surface area contributed by atoms with Crippen LogP contribution in [0, 0.1) is 6.92 Å². The molecule has 0 saturated heterocycles. The van der Waals surface area contributed by atoms with E-state index in [0.717, 1.165) is 4.88 Å². The molecule has 2 aromatic heterocycles. The number of anilines is 1. The number of nitrogens with zero attached hydrogens (tertiary/aromatic N) is 1. The third kappa shape index (κ3) is 2.72. The number of aromatic nitrogens is 1. The van der Waals surface area contributed by atoms with Gasteiger partial charge in [-0.3, -0.25) is 9.78 Å². The Morgan fingerprint density at radius 2 is 2.11 bits per heavy atom. The summed E-state index contributed by atoms with van der Waals surface area (Å²) in [5.41, 5.74) is 0.404. The number of amides is 1. The Bertz CT molecular complexity index is 607. The van der Waals surface area contributed by atoms with Gasteiger partial charge in [0.05, 0.1) is 22.3 Å². The van der Waals surface area contributed by atoms with E-state index in [1.54, 1.807) is 6.07 Å². The standard InChI is InChI=1S/C12H10N2O3S/c1-7-2-3-10(18-7)11(15)14-9-4-8(12(16)17)5-13-6-9/h2-6H,1H3,(H,14,15)(H,16,17). The molecule has 2 rings (SSSR count). The number of aromatic carboxylic acids is 1. The average molecular weight is 262 g/mol. The van der Waals surface area contributed by atoms with Gasteiger partial charge < -0.3 is 10.4 Å². The van der Waals surface area contributed by atoms with E-state index in [1.807, 2.05) is 13.0 Å². The summed E-state index contributed by atoms with van der Waals surface area (Å²) in [7, 11) is 0. The molecular formula is C12H10N2O3S. The molecule has 0 atom stereocenters. The minimum atomic E-state index is -1.08. The first-order valence-corrected chi connectivity index (χ1v) is 5.94. The third-order valence-electron chi connectivity index (χ3n) is 2.21. The lowest BCUT2D eigenvalue weighted by atomic mass is 10.2. The van der Waals surface area contributed by atoms with Crippen LogP contribution < -0.4 is 5.32 Å². The van der Waals surface area contributed by atoms with E-state index < -0.39 is 5.97 Å². The second-order valence-electron chi connectivity index (χ2n) is 3.63. The molecule has 0 fully saturated rings. The number of pyridine rings is 1. The summed E-state index contributed by atoms with van der Waals surface area (Å²) in [6.07, 6.45) is 2.64. The van der Waals surface area contributed by atoms with Gasteiger partial charge >= 0.3 is 5.97 Å². The molecule has 0 aliphatic carbocycles. The summed E-state index contributed by atoms with van der Waals surface area (Å²) >= 11 is 1.38. The minimum absolute atomic E-state index is 0.0372. The predicted molar refractivity (Wildman–Crippen MR) is 68.2 cm³/mol. The van der Waals surface area contributed by atoms with Gasteiger partial charge in [-0.2, -0.15) is 0 Å². The highest BCUT2D eigenvalue weighted by molar-refractivity contribution is 7.14. The molecule has 2 aromatic rings. The molecule has 0 radical (unpaired) electrons. The van der Waals surface area contributed by atoms with E-state index in [4.69, 9.17) is 5.11 Å². The van der Waals surface area contributed by atoms with E-state index >= 15 is 0 Å². The van der Waals surface area contributed by atoms with E-state index in [1.165, 1.54) is 29.8 Å². The molecule has 5 nitrogen and oxygen atoms in total. The number of carboxylic acids is 1. The molecule has 2 N–H and O–H groups in total. The van der Waals surface area contributed by atoms with Crippen molar-refractivity contribution in [3.63, 3.8) is 0 Å². The van der Waals surface area contributed by atoms with Crippen LogP contribution in [-0.2, 0) is 0 Å². The summed E-state index contributed by atoms with van der Waals surface area (Å²) in [6.45, 7) is 1.91. The maximum atomic E-state index is 11.8. The molecule has 0 bridgehead atoms. The van der Waals surface area contributed by atoms with Crippen molar-refractivity contribution in [1.29, 1.82) is 0 Å². The van der Waals surface area contributed by atoms with Crippen molar-refractivity contribution in [2.45, 2.75) is 6.92 Å². The van der Waals surface area contributed by atoms with Crippen molar-refractivity contribution >= 4 is 28.9 Å². The van der Waals surface area contributed by atoms with Crippen molar-refractivity contribution in [2.75, 3.05) is 5.32 Å². The molecular weight excluding hydrogens is 252 g/mol. The van der Waals surface area contributed by atoms with Crippen LogP contribution in [0.5, 0.6) is 0 Å². The maximum Gasteiger partial charge on any atom is 0.337 e. The van der Waals surface area contributed by atoms with Gasteiger partial charge in [0.15, 0.2) is 0 Å². The molecule has 0 spiro atoms. The SMILES string of the molecule is Cc1ccc(C(=O)Nc2cncc(C(=O)O)c2)s1. The van der Waals surface area contributed by atoms with Crippen molar-refractivity contribution in [3.8, 4) is 0 Å². The van der Waals surface area contributed by atoms with Crippen LogP contribution in [0.3, 0.4) is 0 Å². The number of carbonyl (C=O) groups is 2. The highest BCUT2D eigenvalue weighted by Crippen LogP contribution is 2.17. The molecule has 0 aliphatic rings. The second kappa shape index (κ2) is 4.97. The molecule has 6 heteroatoms. The van der Waals surface area contributed by atoms with Crippen LogP contribution in [0.15, 0.2) is 30.6 Å². The summed E-state index contributed by atoms with van der Waals surface area (Å²) in [5.74, 6) is -1.34. The summed E-state index contributed by atoms with van der Waals surface area (Å²) < 4.78 is 0. The fraction of sp³-hybridized carbons (Fsp3) is 0.0833. The van der Waals surface area contributed by atoms with E-state index in [-0.39, 0.29) is 11.5 Å². The van der Waals surface area contributed by atoms with Crippen molar-refractivity contribution < 1.29 is 14.7 Å². The van der Waals surface area contributed by atoms with E-state index in [9.17, 15) is 9.59 Å². The first-order valence-electron chi connectivity index (χ1n) is 5.12. The van der Waals surface area contributed by atoms with Crippen LogP contribution in [0.2, 0.25) is 0 Å². The number of rotatable bonds is 3. The summed E-state index contributed by atoms with van der Waals surface area (Å²) in [5, 5.41) is 11.4. The topological polar surface area (TPSA) is 79.3 Å².